The summed E-state index contributed by atoms with van der Waals surface area (Å²) in [6.45, 7) is 0. The summed E-state index contributed by atoms with van der Waals surface area (Å²) in [6, 6.07) is -1.13. The first-order valence-electron chi connectivity index (χ1n) is 5.90. The molecule has 0 bridgehead atoms. The molecule has 1 N–H and O–H groups in total. The highest BCUT2D eigenvalue weighted by Gasteiger charge is 2.30. The molecule has 0 fully saturated rings. The molecule has 2 aromatic rings. The maximum Gasteiger partial charge on any atom is 0.200 e. The molecular weight excluding hydrogens is 295 g/mol. The van der Waals surface area contributed by atoms with Crippen molar-refractivity contribution in [3.63, 3.8) is 0 Å². The molecule has 1 heterocycles. The van der Waals surface area contributed by atoms with Crippen LogP contribution in [0.2, 0.25) is 0 Å². The lowest BCUT2D eigenvalue weighted by Gasteiger charge is -2.17. The van der Waals surface area contributed by atoms with Crippen LogP contribution in [-0.4, -0.2) is 22.0 Å². The second-order valence-corrected chi connectivity index (χ2v) is 4.41. The molecule has 21 heavy (non-hydrogen) atoms. The Morgan fingerprint density at radius 3 is 2.00 bits per heavy atom. The highest BCUT2D eigenvalue weighted by atomic mass is 19.2. The highest BCUT2D eigenvalue weighted by Crippen LogP contribution is 2.29. The minimum absolute atomic E-state index is 0.0807. The predicted octanol–water partition coefficient (Wildman–Crippen LogP) is 2.01. The number of halogens is 5. The fourth-order valence-electron chi connectivity index (χ4n) is 1.97. The third kappa shape index (κ3) is 2.73. The first kappa shape index (κ1) is 15.4. The molecule has 2 rings (SSSR count). The number of aromatic nitrogens is 3. The van der Waals surface area contributed by atoms with E-state index in [0.29, 0.717) is 5.69 Å². The number of nitrogens with one attached hydrogen (secondary N) is 1. The third-order valence-corrected chi connectivity index (χ3v) is 3.00. The molecule has 1 aromatic heterocycles. The van der Waals surface area contributed by atoms with Crippen molar-refractivity contribution < 1.29 is 22.0 Å². The van der Waals surface area contributed by atoms with Gasteiger partial charge < -0.3 is 5.32 Å². The van der Waals surface area contributed by atoms with Crippen LogP contribution in [0.1, 0.15) is 17.3 Å². The number of rotatable bonds is 4. The standard InChI is InChI=1S/C12H11F5N4/c1-18-6(3-5-4-21(2)20-19-5)7-8(13)10(15)12(17)11(16)9(7)14/h4,6,18H,3H2,1-2H3. The zero-order valence-corrected chi connectivity index (χ0v) is 11.1. The quantitative estimate of drug-likeness (QED) is 0.534. The summed E-state index contributed by atoms with van der Waals surface area (Å²) in [5, 5.41) is 9.87. The van der Waals surface area contributed by atoms with E-state index in [9.17, 15) is 22.0 Å². The molecule has 9 heteroatoms. The fraction of sp³-hybridized carbons (Fsp3) is 0.333. The van der Waals surface area contributed by atoms with Crippen molar-refractivity contribution in [3.05, 3.63) is 46.5 Å². The van der Waals surface area contributed by atoms with Gasteiger partial charge in [0.1, 0.15) is 0 Å². The first-order chi connectivity index (χ1) is 9.86. The molecule has 0 aliphatic rings. The molecule has 0 amide bonds. The molecule has 0 aliphatic heterocycles. The topological polar surface area (TPSA) is 42.7 Å². The van der Waals surface area contributed by atoms with Crippen molar-refractivity contribution in [3.8, 4) is 0 Å². The number of hydrogen-bond donors (Lipinski definition) is 1. The van der Waals surface area contributed by atoms with Crippen molar-refractivity contribution in [1.82, 2.24) is 20.3 Å². The third-order valence-electron chi connectivity index (χ3n) is 3.00. The van der Waals surface area contributed by atoms with E-state index in [1.165, 1.54) is 17.9 Å². The average molecular weight is 306 g/mol. The van der Waals surface area contributed by atoms with Gasteiger partial charge in [-0.05, 0) is 7.05 Å². The molecule has 0 radical (unpaired) electrons. The van der Waals surface area contributed by atoms with Gasteiger partial charge in [-0.15, -0.1) is 5.10 Å². The number of benzene rings is 1. The summed E-state index contributed by atoms with van der Waals surface area (Å²) in [7, 11) is 2.93. The largest absolute Gasteiger partial charge is 0.312 e. The Labute approximate surface area is 116 Å². The average Bonchev–Trinajstić information content (AvgIpc) is 2.87. The predicted molar refractivity (Wildman–Crippen MR) is 62.7 cm³/mol. The summed E-state index contributed by atoms with van der Waals surface area (Å²) < 4.78 is 68.3. The Morgan fingerprint density at radius 1 is 1.05 bits per heavy atom. The second-order valence-electron chi connectivity index (χ2n) is 4.41. The Morgan fingerprint density at radius 2 is 1.57 bits per heavy atom. The van der Waals surface area contributed by atoms with E-state index in [0.717, 1.165) is 0 Å². The van der Waals surface area contributed by atoms with Gasteiger partial charge >= 0.3 is 0 Å². The Hall–Kier alpha value is -2.03. The van der Waals surface area contributed by atoms with Crippen LogP contribution in [0, 0.1) is 29.1 Å². The lowest BCUT2D eigenvalue weighted by molar-refractivity contribution is 0.358. The molecular formula is C12H11F5N4. The maximum absolute atomic E-state index is 13.7. The van der Waals surface area contributed by atoms with Crippen molar-refractivity contribution in [2.75, 3.05) is 7.05 Å². The summed E-state index contributed by atoms with van der Waals surface area (Å²) in [6.07, 6.45) is 1.40. The van der Waals surface area contributed by atoms with Crippen LogP contribution < -0.4 is 5.32 Å². The SMILES string of the molecule is CNC(Cc1cn(C)nn1)c1c(F)c(F)c(F)c(F)c1F. The molecule has 0 saturated heterocycles. The van der Waals surface area contributed by atoms with Crippen LogP contribution >= 0.6 is 0 Å². The second kappa shape index (κ2) is 5.76. The van der Waals surface area contributed by atoms with Gasteiger partial charge in [0, 0.05) is 31.3 Å². The van der Waals surface area contributed by atoms with Crippen molar-refractivity contribution in [1.29, 1.82) is 0 Å². The van der Waals surface area contributed by atoms with Crippen molar-refractivity contribution in [2.24, 2.45) is 7.05 Å². The van der Waals surface area contributed by atoms with Gasteiger partial charge in [-0.3, -0.25) is 4.68 Å². The number of likely N-dealkylation sites (N-methyl/N-ethyl adjacent to an activating group) is 1. The van der Waals surface area contributed by atoms with E-state index in [2.05, 4.69) is 15.6 Å². The molecule has 1 atom stereocenters. The zero-order valence-electron chi connectivity index (χ0n) is 11.1. The van der Waals surface area contributed by atoms with Crippen LogP contribution in [0.4, 0.5) is 22.0 Å². The van der Waals surface area contributed by atoms with Gasteiger partial charge in [-0.1, -0.05) is 5.21 Å². The molecule has 4 nitrogen and oxygen atoms in total. The number of nitrogens with zero attached hydrogens (tertiary/aromatic N) is 3. The molecule has 0 saturated carbocycles. The minimum Gasteiger partial charge on any atom is -0.312 e. The van der Waals surface area contributed by atoms with Gasteiger partial charge in [-0.25, -0.2) is 22.0 Å². The van der Waals surface area contributed by atoms with Crippen LogP contribution in [0.15, 0.2) is 6.20 Å². The van der Waals surface area contributed by atoms with E-state index in [1.54, 1.807) is 7.05 Å². The van der Waals surface area contributed by atoms with Crippen LogP contribution in [-0.2, 0) is 13.5 Å². The molecule has 0 spiro atoms. The Kier molecular flexibility index (Phi) is 4.21. The molecule has 0 aliphatic carbocycles. The van der Waals surface area contributed by atoms with Crippen LogP contribution in [0.25, 0.3) is 0 Å². The zero-order chi connectivity index (χ0) is 15.7. The number of hydrogen-bond acceptors (Lipinski definition) is 3. The first-order valence-corrected chi connectivity index (χ1v) is 5.90. The van der Waals surface area contributed by atoms with Gasteiger partial charge in [-0.2, -0.15) is 0 Å². The minimum atomic E-state index is -2.18. The monoisotopic (exact) mass is 306 g/mol. The summed E-state index contributed by atoms with van der Waals surface area (Å²) in [5.41, 5.74) is -0.569. The number of aryl methyl sites for hydroxylation is 1. The maximum atomic E-state index is 13.7. The molecule has 114 valence electrons. The lowest BCUT2D eigenvalue weighted by atomic mass is 10.00. The van der Waals surface area contributed by atoms with Gasteiger partial charge in [0.15, 0.2) is 23.3 Å². The van der Waals surface area contributed by atoms with E-state index >= 15 is 0 Å². The van der Waals surface area contributed by atoms with E-state index < -0.39 is 40.7 Å². The van der Waals surface area contributed by atoms with E-state index in [1.807, 2.05) is 0 Å². The Bertz CT molecular complexity index is 641. The van der Waals surface area contributed by atoms with Crippen molar-refractivity contribution in [2.45, 2.75) is 12.5 Å². The highest BCUT2D eigenvalue weighted by molar-refractivity contribution is 5.28. The normalized spacial score (nSPS) is 12.7. The summed E-state index contributed by atoms with van der Waals surface area (Å²) >= 11 is 0. The smallest absolute Gasteiger partial charge is 0.200 e. The van der Waals surface area contributed by atoms with Gasteiger partial charge in [0.05, 0.1) is 5.69 Å². The summed E-state index contributed by atoms with van der Waals surface area (Å²) in [4.78, 5) is 0. The summed E-state index contributed by atoms with van der Waals surface area (Å²) in [5.74, 6) is -9.82. The molecule has 1 aromatic carbocycles. The van der Waals surface area contributed by atoms with Gasteiger partial charge in [0.25, 0.3) is 0 Å². The van der Waals surface area contributed by atoms with Crippen LogP contribution in [0.5, 0.6) is 0 Å². The van der Waals surface area contributed by atoms with E-state index in [4.69, 9.17) is 0 Å². The van der Waals surface area contributed by atoms with Crippen molar-refractivity contribution >= 4 is 0 Å². The van der Waals surface area contributed by atoms with E-state index in [-0.39, 0.29) is 6.42 Å². The van der Waals surface area contributed by atoms with Gasteiger partial charge in [0.2, 0.25) is 5.82 Å². The lowest BCUT2D eigenvalue weighted by Crippen LogP contribution is -2.23. The fourth-order valence-corrected chi connectivity index (χ4v) is 1.97. The molecule has 1 unspecified atom stereocenters. The van der Waals surface area contributed by atoms with Crippen LogP contribution in [0.3, 0.4) is 0 Å². The Balaban J connectivity index is 2.47.